The lowest BCUT2D eigenvalue weighted by Crippen LogP contribution is -2.58. The van der Waals surface area contributed by atoms with Gasteiger partial charge in [-0.1, -0.05) is 24.9 Å². The maximum absolute atomic E-state index is 15.1. The lowest BCUT2D eigenvalue weighted by atomic mass is 9.60. The minimum atomic E-state index is -4.19. The minimum absolute atomic E-state index is 0.0226. The van der Waals surface area contributed by atoms with Gasteiger partial charge in [0.2, 0.25) is 0 Å². The molecule has 156 valence electrons. The highest BCUT2D eigenvalue weighted by Crippen LogP contribution is 2.61. The van der Waals surface area contributed by atoms with Crippen molar-refractivity contribution in [2.24, 2.45) is 11.3 Å². The van der Waals surface area contributed by atoms with Crippen LogP contribution in [0.4, 0.5) is 8.78 Å². The zero-order valence-corrected chi connectivity index (χ0v) is 17.4. The molecular weight excluding hydrogens is 422 g/mol. The Labute approximate surface area is 173 Å². The van der Waals surface area contributed by atoms with Crippen LogP contribution in [-0.4, -0.2) is 26.7 Å². The molecule has 0 spiro atoms. The number of halogens is 3. The second-order valence-corrected chi connectivity index (χ2v) is 10.8. The van der Waals surface area contributed by atoms with Gasteiger partial charge in [0.15, 0.2) is 21.4 Å². The fourth-order valence-corrected chi connectivity index (χ4v) is 7.65. The summed E-state index contributed by atoms with van der Waals surface area (Å²) in [6.45, 7) is 1.36. The molecule has 29 heavy (non-hydrogen) atoms. The van der Waals surface area contributed by atoms with Crippen LogP contribution in [-0.2, 0) is 14.6 Å². The van der Waals surface area contributed by atoms with Gasteiger partial charge in [-0.05, 0) is 54.7 Å². The molecule has 0 bridgehead atoms. The van der Waals surface area contributed by atoms with Crippen molar-refractivity contribution in [1.82, 2.24) is 0 Å². The molecule has 2 aliphatic rings. The van der Waals surface area contributed by atoms with Crippen LogP contribution >= 0.6 is 11.6 Å². The van der Waals surface area contributed by atoms with Crippen LogP contribution in [0.1, 0.15) is 31.7 Å². The predicted molar refractivity (Wildman–Crippen MR) is 105 cm³/mol. The van der Waals surface area contributed by atoms with Crippen LogP contribution in [0.15, 0.2) is 41.3 Å². The van der Waals surface area contributed by atoms with Crippen LogP contribution in [0, 0.1) is 23.0 Å². The van der Waals surface area contributed by atoms with Crippen molar-refractivity contribution in [2.75, 3.05) is 13.2 Å². The molecule has 1 aliphatic carbocycles. The van der Waals surface area contributed by atoms with Crippen molar-refractivity contribution in [3.05, 3.63) is 58.6 Å². The third-order valence-electron chi connectivity index (χ3n) is 6.54. The number of ether oxygens (including phenoxy) is 1. The summed E-state index contributed by atoms with van der Waals surface area (Å²) < 4.78 is 61.5. The zero-order valence-electron chi connectivity index (χ0n) is 15.8. The van der Waals surface area contributed by atoms with Gasteiger partial charge in [-0.15, -0.1) is 0 Å². The maximum atomic E-state index is 15.1. The number of sulfone groups is 1. The molecule has 0 amide bonds. The highest BCUT2D eigenvalue weighted by molar-refractivity contribution is 7.92. The lowest BCUT2D eigenvalue weighted by Gasteiger charge is -2.54. The van der Waals surface area contributed by atoms with Crippen LogP contribution in [0.2, 0.25) is 5.02 Å². The summed E-state index contributed by atoms with van der Waals surface area (Å²) in [5.41, 5.74) is -1.10. The molecule has 1 aliphatic heterocycles. The van der Waals surface area contributed by atoms with E-state index >= 15 is 4.39 Å². The molecule has 1 heterocycles. The molecule has 1 fully saturated rings. The van der Waals surface area contributed by atoms with Gasteiger partial charge in [-0.25, -0.2) is 17.2 Å². The number of fused-ring (bicyclic) bond motifs is 3. The van der Waals surface area contributed by atoms with Gasteiger partial charge in [0.25, 0.3) is 0 Å². The van der Waals surface area contributed by atoms with Crippen molar-refractivity contribution in [3.8, 4) is 5.75 Å². The van der Waals surface area contributed by atoms with Crippen molar-refractivity contribution >= 4 is 21.4 Å². The van der Waals surface area contributed by atoms with E-state index in [4.69, 9.17) is 16.3 Å². The Bertz CT molecular complexity index is 1060. The van der Waals surface area contributed by atoms with Gasteiger partial charge in [0, 0.05) is 17.5 Å². The molecule has 1 saturated carbocycles. The Morgan fingerprint density at radius 3 is 2.45 bits per heavy atom. The van der Waals surface area contributed by atoms with E-state index in [0.29, 0.717) is 17.9 Å². The summed E-state index contributed by atoms with van der Waals surface area (Å²) in [7, 11) is -4.19. The van der Waals surface area contributed by atoms with Gasteiger partial charge >= 0.3 is 0 Å². The van der Waals surface area contributed by atoms with Gasteiger partial charge in [0.1, 0.15) is 10.6 Å². The van der Waals surface area contributed by atoms with E-state index in [0.717, 1.165) is 12.1 Å². The predicted octanol–water partition coefficient (Wildman–Crippen LogP) is 4.48. The van der Waals surface area contributed by atoms with Crippen LogP contribution in [0.5, 0.6) is 5.75 Å². The second kappa shape index (κ2) is 6.93. The number of aliphatic hydroxyl groups is 1. The van der Waals surface area contributed by atoms with Crippen molar-refractivity contribution in [1.29, 1.82) is 0 Å². The van der Waals surface area contributed by atoms with Gasteiger partial charge in [-0.2, -0.15) is 0 Å². The third kappa shape index (κ3) is 2.81. The molecule has 0 radical (unpaired) electrons. The highest BCUT2D eigenvalue weighted by Gasteiger charge is 2.63. The summed E-state index contributed by atoms with van der Waals surface area (Å²) >= 11 is 5.92. The first kappa shape index (κ1) is 20.6. The number of benzene rings is 2. The molecule has 0 aromatic heterocycles. The maximum Gasteiger partial charge on any atom is 0.188 e. The summed E-state index contributed by atoms with van der Waals surface area (Å²) in [5, 5.41) is 10.5. The van der Waals surface area contributed by atoms with Crippen molar-refractivity contribution in [2.45, 2.75) is 35.8 Å². The fraction of sp³-hybridized carbons (Fsp3) is 0.429. The van der Waals surface area contributed by atoms with Gasteiger partial charge in [-0.3, -0.25) is 0 Å². The number of aliphatic hydroxyl groups excluding tert-OH is 1. The SMILES string of the molecule is C[C@@]1(CO)CCC[C@@]2(S(=O)(=O)c3ccc(Cl)cc3)c3c(F)ccc(F)c3OC[C@@H]12. The van der Waals surface area contributed by atoms with E-state index in [1.54, 1.807) is 6.92 Å². The van der Waals surface area contributed by atoms with E-state index in [1.165, 1.54) is 24.3 Å². The molecule has 3 atom stereocenters. The highest BCUT2D eigenvalue weighted by atomic mass is 35.5. The topological polar surface area (TPSA) is 63.6 Å². The van der Waals surface area contributed by atoms with Crippen LogP contribution in [0.3, 0.4) is 0 Å². The van der Waals surface area contributed by atoms with Gasteiger partial charge < -0.3 is 9.84 Å². The summed E-state index contributed by atoms with van der Waals surface area (Å²) in [6, 6.07) is 7.53. The molecule has 0 unspecified atom stereocenters. The first-order valence-electron chi connectivity index (χ1n) is 9.40. The third-order valence-corrected chi connectivity index (χ3v) is 9.34. The Morgan fingerprint density at radius 1 is 1.14 bits per heavy atom. The minimum Gasteiger partial charge on any atom is -0.490 e. The normalized spacial score (nSPS) is 28.9. The standard InChI is InChI=1S/C21H21ClF2O4S/c1-20(12-25)9-2-10-21(29(26,27)14-5-3-13(22)4-6-14)17(20)11-28-19-16(24)8-7-15(23)18(19)21/h3-8,17,25H,2,9-12H2,1H3/t17-,20-,21-/m0/s1. The average molecular weight is 443 g/mol. The number of hydrogen-bond acceptors (Lipinski definition) is 4. The first-order valence-corrected chi connectivity index (χ1v) is 11.3. The molecule has 1 N–H and O–H groups in total. The number of rotatable bonds is 3. The Hall–Kier alpha value is -1.70. The Kier molecular flexibility index (Phi) is 4.91. The quantitative estimate of drug-likeness (QED) is 0.761. The van der Waals surface area contributed by atoms with E-state index in [9.17, 15) is 17.9 Å². The summed E-state index contributed by atoms with van der Waals surface area (Å²) in [5.74, 6) is -2.74. The molecule has 0 saturated heterocycles. The Balaban J connectivity index is 2.07. The van der Waals surface area contributed by atoms with E-state index in [-0.39, 0.29) is 35.8 Å². The lowest BCUT2D eigenvalue weighted by molar-refractivity contribution is -0.0255. The molecule has 2 aromatic carbocycles. The first-order chi connectivity index (χ1) is 13.7. The van der Waals surface area contributed by atoms with Crippen LogP contribution in [0.25, 0.3) is 0 Å². The molecule has 4 nitrogen and oxygen atoms in total. The zero-order chi connectivity index (χ0) is 21.0. The number of hydrogen-bond donors (Lipinski definition) is 1. The summed E-state index contributed by atoms with van der Waals surface area (Å²) in [4.78, 5) is -0.0226. The van der Waals surface area contributed by atoms with Crippen LogP contribution < -0.4 is 4.74 Å². The Morgan fingerprint density at radius 2 is 1.79 bits per heavy atom. The second-order valence-electron chi connectivity index (χ2n) is 8.11. The van der Waals surface area contributed by atoms with Crippen molar-refractivity contribution in [3.63, 3.8) is 0 Å². The molecule has 4 rings (SSSR count). The largest absolute Gasteiger partial charge is 0.490 e. The fourth-order valence-electron chi connectivity index (χ4n) is 5.01. The molecular formula is C21H21ClF2O4S. The van der Waals surface area contributed by atoms with Crippen molar-refractivity contribution < 1.29 is 27.0 Å². The van der Waals surface area contributed by atoms with E-state index in [1.807, 2.05) is 0 Å². The smallest absolute Gasteiger partial charge is 0.188 e. The molecule has 2 aromatic rings. The van der Waals surface area contributed by atoms with E-state index < -0.39 is 37.6 Å². The average Bonchev–Trinajstić information content (AvgIpc) is 2.70. The molecule has 8 heteroatoms. The van der Waals surface area contributed by atoms with Gasteiger partial charge in [0.05, 0.1) is 17.1 Å². The van der Waals surface area contributed by atoms with E-state index in [2.05, 4.69) is 0 Å². The summed E-state index contributed by atoms with van der Waals surface area (Å²) in [6.07, 6.45) is 1.10. The monoisotopic (exact) mass is 442 g/mol.